The number of urea groups is 1. The lowest BCUT2D eigenvalue weighted by Gasteiger charge is -2.32. The molecule has 1 aliphatic rings. The Kier molecular flexibility index (Phi) is 5.88. The number of piperidine rings is 1. The van der Waals surface area contributed by atoms with E-state index in [1.807, 2.05) is 29.2 Å². The first-order valence-electron chi connectivity index (χ1n) is 8.79. The summed E-state index contributed by atoms with van der Waals surface area (Å²) in [5.41, 5.74) is 2.35. The molecule has 5 heteroatoms. The number of amides is 2. The molecule has 0 radical (unpaired) electrons. The minimum absolute atomic E-state index is 0.0201. The zero-order valence-electron chi connectivity index (χ0n) is 14.6. The van der Waals surface area contributed by atoms with Crippen LogP contribution in [0.3, 0.4) is 0 Å². The van der Waals surface area contributed by atoms with Crippen molar-refractivity contribution in [3.8, 4) is 5.75 Å². The van der Waals surface area contributed by atoms with Gasteiger partial charge in [0.25, 0.3) is 0 Å². The molecule has 1 saturated heterocycles. The summed E-state index contributed by atoms with van der Waals surface area (Å²) in [7, 11) is 1.68. The first-order chi connectivity index (χ1) is 12.2. The van der Waals surface area contributed by atoms with Crippen LogP contribution in [-0.4, -0.2) is 36.1 Å². The van der Waals surface area contributed by atoms with Crippen LogP contribution >= 0.6 is 0 Å². The van der Waals surface area contributed by atoms with Crippen LogP contribution in [-0.2, 0) is 13.0 Å². The predicted octanol–water partition coefficient (Wildman–Crippen LogP) is 3.25. The summed E-state index contributed by atoms with van der Waals surface area (Å²) in [5, 5.41) is 2.98. The van der Waals surface area contributed by atoms with E-state index in [0.29, 0.717) is 12.5 Å². The van der Waals surface area contributed by atoms with Crippen molar-refractivity contribution in [1.29, 1.82) is 0 Å². The van der Waals surface area contributed by atoms with Crippen LogP contribution in [0.4, 0.5) is 4.79 Å². The lowest BCUT2D eigenvalue weighted by molar-refractivity contribution is 0.170. The van der Waals surface area contributed by atoms with Crippen molar-refractivity contribution in [3.63, 3.8) is 0 Å². The normalized spacial score (nSPS) is 15.0. The predicted molar refractivity (Wildman–Crippen MR) is 97.5 cm³/mol. The van der Waals surface area contributed by atoms with Crippen LogP contribution in [0.2, 0.25) is 0 Å². The summed E-state index contributed by atoms with van der Waals surface area (Å²) in [6.07, 6.45) is 6.67. The lowest BCUT2D eigenvalue weighted by Crippen LogP contribution is -2.44. The molecule has 2 amide bonds. The van der Waals surface area contributed by atoms with Gasteiger partial charge in [0, 0.05) is 32.0 Å². The lowest BCUT2D eigenvalue weighted by atomic mass is 9.90. The van der Waals surface area contributed by atoms with E-state index >= 15 is 0 Å². The molecule has 0 bridgehead atoms. The highest BCUT2D eigenvalue weighted by Crippen LogP contribution is 2.23. The van der Waals surface area contributed by atoms with Gasteiger partial charge in [0.1, 0.15) is 5.75 Å². The maximum absolute atomic E-state index is 12.3. The molecule has 1 N–H and O–H groups in total. The number of benzene rings is 1. The molecule has 1 fully saturated rings. The zero-order chi connectivity index (χ0) is 17.5. The first kappa shape index (κ1) is 17.3. The van der Waals surface area contributed by atoms with Gasteiger partial charge in [-0.25, -0.2) is 4.79 Å². The van der Waals surface area contributed by atoms with Gasteiger partial charge in [0.2, 0.25) is 0 Å². The van der Waals surface area contributed by atoms with Crippen molar-refractivity contribution in [2.24, 2.45) is 5.92 Å². The number of carbonyl (C=O) groups is 1. The maximum atomic E-state index is 12.3. The molecule has 1 aromatic heterocycles. The van der Waals surface area contributed by atoms with Crippen LogP contribution in [0.15, 0.2) is 48.8 Å². The first-order valence-corrected chi connectivity index (χ1v) is 8.79. The molecule has 2 heterocycles. The number of likely N-dealkylation sites (tertiary alicyclic amines) is 1. The van der Waals surface area contributed by atoms with Gasteiger partial charge in [0.15, 0.2) is 0 Å². The topological polar surface area (TPSA) is 54.5 Å². The monoisotopic (exact) mass is 339 g/mol. The largest absolute Gasteiger partial charge is 0.497 e. The van der Waals surface area contributed by atoms with E-state index in [4.69, 9.17) is 4.74 Å². The fourth-order valence-electron chi connectivity index (χ4n) is 3.23. The van der Waals surface area contributed by atoms with Crippen molar-refractivity contribution in [3.05, 3.63) is 59.9 Å². The van der Waals surface area contributed by atoms with E-state index in [2.05, 4.69) is 22.4 Å². The summed E-state index contributed by atoms with van der Waals surface area (Å²) in [6.45, 7) is 2.16. The van der Waals surface area contributed by atoms with E-state index in [1.165, 1.54) is 5.56 Å². The highest BCUT2D eigenvalue weighted by Gasteiger charge is 2.22. The van der Waals surface area contributed by atoms with E-state index in [0.717, 1.165) is 43.7 Å². The minimum atomic E-state index is 0.0201. The molecular formula is C20H25N3O2. The molecule has 3 rings (SSSR count). The molecule has 25 heavy (non-hydrogen) atoms. The zero-order valence-corrected chi connectivity index (χ0v) is 14.6. The number of carbonyl (C=O) groups excluding carboxylic acids is 1. The Hall–Kier alpha value is -2.56. The SMILES string of the molecule is COc1ccc(CC2CCN(C(=O)NCc3cccnc3)CC2)cc1. The number of nitrogens with zero attached hydrogens (tertiary/aromatic N) is 2. The van der Waals surface area contributed by atoms with Gasteiger partial charge in [-0.15, -0.1) is 0 Å². The molecule has 132 valence electrons. The summed E-state index contributed by atoms with van der Waals surface area (Å²) in [6, 6.07) is 12.1. The summed E-state index contributed by atoms with van der Waals surface area (Å²) < 4.78 is 5.20. The van der Waals surface area contributed by atoms with E-state index in [1.54, 1.807) is 19.5 Å². The standard InChI is InChI=1S/C20H25N3O2/c1-25-19-6-4-16(5-7-19)13-17-8-11-23(12-9-17)20(24)22-15-18-3-2-10-21-14-18/h2-7,10,14,17H,8-9,11-13,15H2,1H3,(H,22,24). The Morgan fingerprint density at radius 3 is 2.60 bits per heavy atom. The third kappa shape index (κ3) is 4.95. The quantitative estimate of drug-likeness (QED) is 0.910. The molecule has 0 atom stereocenters. The van der Waals surface area contributed by atoms with E-state index in [9.17, 15) is 4.79 Å². The van der Waals surface area contributed by atoms with Gasteiger partial charge in [-0.3, -0.25) is 4.98 Å². The van der Waals surface area contributed by atoms with Crippen molar-refractivity contribution in [2.75, 3.05) is 20.2 Å². The second-order valence-electron chi connectivity index (χ2n) is 6.50. The van der Waals surface area contributed by atoms with Gasteiger partial charge < -0.3 is 15.0 Å². The number of ether oxygens (including phenoxy) is 1. The second-order valence-corrected chi connectivity index (χ2v) is 6.50. The van der Waals surface area contributed by atoms with Crippen LogP contribution in [0.1, 0.15) is 24.0 Å². The average Bonchev–Trinajstić information content (AvgIpc) is 2.68. The van der Waals surface area contributed by atoms with Crippen molar-refractivity contribution >= 4 is 6.03 Å². The number of pyridine rings is 1. The maximum Gasteiger partial charge on any atom is 0.317 e. The molecule has 5 nitrogen and oxygen atoms in total. The van der Waals surface area contributed by atoms with Crippen molar-refractivity contribution in [1.82, 2.24) is 15.2 Å². The summed E-state index contributed by atoms with van der Waals surface area (Å²) in [4.78, 5) is 18.3. The third-order valence-electron chi connectivity index (χ3n) is 4.75. The molecular weight excluding hydrogens is 314 g/mol. The van der Waals surface area contributed by atoms with Crippen LogP contribution in [0.5, 0.6) is 5.75 Å². The Bertz CT molecular complexity index is 665. The molecule has 1 aliphatic heterocycles. The number of aromatic nitrogens is 1. The van der Waals surface area contributed by atoms with Gasteiger partial charge >= 0.3 is 6.03 Å². The van der Waals surface area contributed by atoms with Crippen LogP contribution in [0, 0.1) is 5.92 Å². The molecule has 0 saturated carbocycles. The number of hydrogen-bond acceptors (Lipinski definition) is 3. The van der Waals surface area contributed by atoms with E-state index < -0.39 is 0 Å². The Morgan fingerprint density at radius 2 is 1.96 bits per heavy atom. The smallest absolute Gasteiger partial charge is 0.317 e. The molecule has 2 aromatic rings. The third-order valence-corrected chi connectivity index (χ3v) is 4.75. The minimum Gasteiger partial charge on any atom is -0.497 e. The fraction of sp³-hybridized carbons (Fsp3) is 0.400. The Balaban J connectivity index is 1.42. The average molecular weight is 339 g/mol. The highest BCUT2D eigenvalue weighted by atomic mass is 16.5. The number of rotatable bonds is 5. The van der Waals surface area contributed by atoms with Gasteiger partial charge in [-0.2, -0.15) is 0 Å². The number of methoxy groups -OCH3 is 1. The highest BCUT2D eigenvalue weighted by molar-refractivity contribution is 5.74. The number of nitrogens with one attached hydrogen (secondary N) is 1. The van der Waals surface area contributed by atoms with Gasteiger partial charge in [-0.1, -0.05) is 18.2 Å². The molecule has 0 aliphatic carbocycles. The molecule has 0 spiro atoms. The van der Waals surface area contributed by atoms with Crippen LogP contribution in [0.25, 0.3) is 0 Å². The fourth-order valence-corrected chi connectivity index (χ4v) is 3.23. The van der Waals surface area contributed by atoms with Crippen molar-refractivity contribution in [2.45, 2.75) is 25.8 Å². The second kappa shape index (κ2) is 8.51. The number of hydrogen-bond donors (Lipinski definition) is 1. The Morgan fingerprint density at radius 1 is 1.20 bits per heavy atom. The summed E-state index contributed by atoms with van der Waals surface area (Å²) >= 11 is 0. The molecule has 0 unspecified atom stereocenters. The van der Waals surface area contributed by atoms with Crippen LogP contribution < -0.4 is 10.1 Å². The van der Waals surface area contributed by atoms with Gasteiger partial charge in [-0.05, 0) is 54.5 Å². The van der Waals surface area contributed by atoms with Gasteiger partial charge in [0.05, 0.1) is 7.11 Å². The molecule has 1 aromatic carbocycles. The Labute approximate surface area is 149 Å². The summed E-state index contributed by atoms with van der Waals surface area (Å²) in [5.74, 6) is 1.53. The van der Waals surface area contributed by atoms with Crippen molar-refractivity contribution < 1.29 is 9.53 Å². The van der Waals surface area contributed by atoms with E-state index in [-0.39, 0.29) is 6.03 Å².